The van der Waals surface area contributed by atoms with E-state index in [2.05, 4.69) is 10.3 Å². The summed E-state index contributed by atoms with van der Waals surface area (Å²) in [5.41, 5.74) is 1.11. The van der Waals surface area contributed by atoms with Gasteiger partial charge in [0.1, 0.15) is 11.5 Å². The van der Waals surface area contributed by atoms with Crippen LogP contribution < -0.4 is 10.1 Å². The van der Waals surface area contributed by atoms with Gasteiger partial charge in [0.2, 0.25) is 0 Å². The number of nitrogens with zero attached hydrogens (tertiary/aromatic N) is 3. The number of aromatic nitrogens is 2. The van der Waals surface area contributed by atoms with Gasteiger partial charge in [0, 0.05) is 30.1 Å². The molecule has 0 aliphatic carbocycles. The van der Waals surface area contributed by atoms with Crippen LogP contribution >= 0.6 is 0 Å². The van der Waals surface area contributed by atoms with Crippen molar-refractivity contribution >= 4 is 17.2 Å². The summed E-state index contributed by atoms with van der Waals surface area (Å²) in [5.74, 6) is -0.823. The number of nitro groups is 1. The fourth-order valence-electron chi connectivity index (χ4n) is 2.34. The molecule has 1 amide bonds. The van der Waals surface area contributed by atoms with Crippen molar-refractivity contribution in [1.82, 2.24) is 14.7 Å². The van der Waals surface area contributed by atoms with Gasteiger partial charge in [0.15, 0.2) is 5.75 Å². The van der Waals surface area contributed by atoms with E-state index in [0.717, 1.165) is 0 Å². The number of fused-ring (bicyclic) bond motifs is 1. The SMILES string of the molecule is COc1cc(C(=O)NCc2cn3cc(F)ccc3n2)ccc1[N+](=O)[O-]. The molecule has 2 heterocycles. The normalized spacial score (nSPS) is 10.6. The molecule has 0 saturated heterocycles. The highest BCUT2D eigenvalue weighted by molar-refractivity contribution is 5.95. The average Bonchev–Trinajstić information content (AvgIpc) is 3.00. The molecular formula is C16H13FN4O4. The third-order valence-corrected chi connectivity index (χ3v) is 3.53. The van der Waals surface area contributed by atoms with Crippen molar-refractivity contribution < 1.29 is 18.8 Å². The highest BCUT2D eigenvalue weighted by atomic mass is 19.1. The molecule has 0 saturated carbocycles. The first-order valence-corrected chi connectivity index (χ1v) is 7.21. The van der Waals surface area contributed by atoms with Gasteiger partial charge in [0.25, 0.3) is 5.91 Å². The molecule has 0 fully saturated rings. The lowest BCUT2D eigenvalue weighted by Crippen LogP contribution is -2.23. The zero-order valence-electron chi connectivity index (χ0n) is 13.1. The molecule has 2 aromatic heterocycles. The van der Waals surface area contributed by atoms with Gasteiger partial charge in [-0.3, -0.25) is 14.9 Å². The number of hydrogen-bond donors (Lipinski definition) is 1. The van der Waals surface area contributed by atoms with Crippen LogP contribution in [-0.4, -0.2) is 27.3 Å². The maximum absolute atomic E-state index is 13.2. The molecule has 1 aromatic carbocycles. The predicted molar refractivity (Wildman–Crippen MR) is 86.0 cm³/mol. The molecule has 128 valence electrons. The number of amides is 1. The molecule has 25 heavy (non-hydrogen) atoms. The number of nitrogens with one attached hydrogen (secondary N) is 1. The maximum Gasteiger partial charge on any atom is 0.310 e. The minimum atomic E-state index is -0.587. The lowest BCUT2D eigenvalue weighted by atomic mass is 10.1. The molecule has 0 radical (unpaired) electrons. The van der Waals surface area contributed by atoms with Gasteiger partial charge in [-0.15, -0.1) is 0 Å². The van der Waals surface area contributed by atoms with Crippen molar-refractivity contribution in [1.29, 1.82) is 0 Å². The van der Waals surface area contributed by atoms with Crippen LogP contribution in [0.4, 0.5) is 10.1 Å². The van der Waals surface area contributed by atoms with Crippen molar-refractivity contribution in [3.05, 3.63) is 69.9 Å². The average molecular weight is 344 g/mol. The van der Waals surface area contributed by atoms with Crippen molar-refractivity contribution in [3.8, 4) is 5.75 Å². The lowest BCUT2D eigenvalue weighted by Gasteiger charge is -2.06. The van der Waals surface area contributed by atoms with Crippen molar-refractivity contribution in [2.75, 3.05) is 7.11 Å². The quantitative estimate of drug-likeness (QED) is 0.566. The summed E-state index contributed by atoms with van der Waals surface area (Å²) in [4.78, 5) is 26.7. The Labute approximate surface area is 141 Å². The van der Waals surface area contributed by atoms with E-state index in [9.17, 15) is 19.3 Å². The van der Waals surface area contributed by atoms with Gasteiger partial charge in [-0.05, 0) is 18.2 Å². The summed E-state index contributed by atoms with van der Waals surface area (Å²) in [6.07, 6.45) is 2.89. The Bertz CT molecular complexity index is 970. The number of carbonyl (C=O) groups excluding carboxylic acids is 1. The number of nitro benzene ring substituents is 1. The van der Waals surface area contributed by atoms with Crippen molar-refractivity contribution in [3.63, 3.8) is 0 Å². The number of benzene rings is 1. The summed E-state index contributed by atoms with van der Waals surface area (Å²) in [7, 11) is 1.29. The van der Waals surface area contributed by atoms with E-state index in [0.29, 0.717) is 11.3 Å². The zero-order valence-corrected chi connectivity index (χ0v) is 13.1. The van der Waals surface area contributed by atoms with Crippen molar-refractivity contribution in [2.24, 2.45) is 0 Å². The molecule has 0 unspecified atom stereocenters. The summed E-state index contributed by atoms with van der Waals surface area (Å²) >= 11 is 0. The Morgan fingerprint density at radius 1 is 1.36 bits per heavy atom. The predicted octanol–water partition coefficient (Wildman–Crippen LogP) is 2.32. The van der Waals surface area contributed by atoms with Crippen LogP contribution in [-0.2, 0) is 6.54 Å². The Balaban J connectivity index is 1.74. The first kappa shape index (κ1) is 16.4. The molecule has 0 atom stereocenters. The fourth-order valence-corrected chi connectivity index (χ4v) is 2.34. The Hall–Kier alpha value is -3.49. The molecule has 3 aromatic rings. The van der Waals surface area contributed by atoms with Crippen LogP contribution in [0.5, 0.6) is 5.75 Å². The number of hydrogen-bond acceptors (Lipinski definition) is 5. The van der Waals surface area contributed by atoms with Gasteiger partial charge < -0.3 is 14.5 Å². The first-order valence-electron chi connectivity index (χ1n) is 7.21. The van der Waals surface area contributed by atoms with Crippen LogP contribution in [0.1, 0.15) is 16.1 Å². The van der Waals surface area contributed by atoms with Crippen LogP contribution in [0.25, 0.3) is 5.65 Å². The lowest BCUT2D eigenvalue weighted by molar-refractivity contribution is -0.385. The van der Waals surface area contributed by atoms with Gasteiger partial charge in [-0.1, -0.05) is 0 Å². The molecule has 0 spiro atoms. The monoisotopic (exact) mass is 344 g/mol. The second kappa shape index (κ2) is 6.56. The van der Waals surface area contributed by atoms with Gasteiger partial charge in [-0.25, -0.2) is 9.37 Å². The second-order valence-corrected chi connectivity index (χ2v) is 5.17. The van der Waals surface area contributed by atoms with Gasteiger partial charge >= 0.3 is 5.69 Å². The van der Waals surface area contributed by atoms with Crippen LogP contribution in [0.3, 0.4) is 0 Å². The maximum atomic E-state index is 13.2. The van der Waals surface area contributed by atoms with E-state index < -0.39 is 16.6 Å². The molecule has 9 heteroatoms. The summed E-state index contributed by atoms with van der Waals surface area (Å²) < 4.78 is 19.6. The topological polar surface area (TPSA) is 98.8 Å². The fraction of sp³-hybridized carbons (Fsp3) is 0.125. The highest BCUT2D eigenvalue weighted by Crippen LogP contribution is 2.27. The highest BCUT2D eigenvalue weighted by Gasteiger charge is 2.17. The summed E-state index contributed by atoms with van der Waals surface area (Å²) in [6.45, 7) is 0.126. The summed E-state index contributed by atoms with van der Waals surface area (Å²) in [5, 5.41) is 13.5. The molecule has 3 rings (SSSR count). The Kier molecular flexibility index (Phi) is 4.29. The molecule has 0 bridgehead atoms. The van der Waals surface area contributed by atoms with E-state index in [1.54, 1.807) is 6.20 Å². The molecule has 0 aliphatic rings. The van der Waals surface area contributed by atoms with Crippen LogP contribution in [0.15, 0.2) is 42.7 Å². The largest absolute Gasteiger partial charge is 0.490 e. The molecule has 8 nitrogen and oxygen atoms in total. The number of rotatable bonds is 5. The third kappa shape index (κ3) is 3.39. The number of halogens is 1. The minimum absolute atomic E-state index is 0.000792. The number of carbonyl (C=O) groups is 1. The Morgan fingerprint density at radius 2 is 2.16 bits per heavy atom. The van der Waals surface area contributed by atoms with E-state index in [4.69, 9.17) is 4.74 Å². The van der Waals surface area contributed by atoms with Gasteiger partial charge in [-0.2, -0.15) is 0 Å². The number of ether oxygens (including phenoxy) is 1. The van der Waals surface area contributed by atoms with E-state index in [1.807, 2.05) is 0 Å². The molecule has 0 aliphatic heterocycles. The van der Waals surface area contributed by atoms with Crippen LogP contribution in [0.2, 0.25) is 0 Å². The smallest absolute Gasteiger partial charge is 0.310 e. The Morgan fingerprint density at radius 3 is 2.88 bits per heavy atom. The summed E-state index contributed by atoms with van der Waals surface area (Å²) in [6, 6.07) is 6.68. The van der Waals surface area contributed by atoms with Gasteiger partial charge in [0.05, 0.1) is 24.3 Å². The first-order chi connectivity index (χ1) is 12.0. The number of pyridine rings is 1. The minimum Gasteiger partial charge on any atom is -0.490 e. The van der Waals surface area contributed by atoms with Crippen molar-refractivity contribution in [2.45, 2.75) is 6.54 Å². The van der Waals surface area contributed by atoms with Crippen LogP contribution in [0, 0.1) is 15.9 Å². The standard InChI is InChI=1S/C16H13FN4O4/c1-25-14-6-10(2-4-13(14)21(23)24)16(22)18-7-12-9-20-8-11(17)3-5-15(20)19-12/h2-6,8-9H,7H2,1H3,(H,18,22). The molecule has 1 N–H and O–H groups in total. The van der Waals surface area contributed by atoms with E-state index in [-0.39, 0.29) is 23.5 Å². The molecular weight excluding hydrogens is 331 g/mol. The zero-order chi connectivity index (χ0) is 18.0. The number of methoxy groups -OCH3 is 1. The van der Waals surface area contributed by atoms with E-state index in [1.165, 1.54) is 48.0 Å². The third-order valence-electron chi connectivity index (χ3n) is 3.53. The number of imidazole rings is 1. The van der Waals surface area contributed by atoms with E-state index >= 15 is 0 Å². The second-order valence-electron chi connectivity index (χ2n) is 5.17.